The van der Waals surface area contributed by atoms with Crippen molar-refractivity contribution in [3.8, 4) is 11.5 Å². The predicted octanol–water partition coefficient (Wildman–Crippen LogP) is 6.50. The Bertz CT molecular complexity index is 1150. The molecule has 0 unspecified atom stereocenters. The van der Waals surface area contributed by atoms with Crippen LogP contribution in [0.4, 0.5) is 0 Å². The van der Waals surface area contributed by atoms with E-state index in [1.54, 1.807) is 6.07 Å². The van der Waals surface area contributed by atoms with Gasteiger partial charge < -0.3 is 9.47 Å². The van der Waals surface area contributed by atoms with Gasteiger partial charge in [-0.05, 0) is 65.5 Å². The number of benzene rings is 4. The Morgan fingerprint density at radius 3 is 1.85 bits per heavy atom. The molecule has 0 atom stereocenters. The fourth-order valence-corrected chi connectivity index (χ4v) is 4.09. The van der Waals surface area contributed by atoms with Crippen LogP contribution in [0.2, 0.25) is 0 Å². The maximum absolute atomic E-state index is 12.3. The summed E-state index contributed by atoms with van der Waals surface area (Å²) in [6.45, 7) is -0.184. The minimum absolute atomic E-state index is 0.184. The predicted molar refractivity (Wildman–Crippen MR) is 114 cm³/mol. The highest BCUT2D eigenvalue weighted by atomic mass is 79.9. The van der Waals surface area contributed by atoms with E-state index in [9.17, 15) is 4.79 Å². The van der Waals surface area contributed by atoms with Crippen molar-refractivity contribution < 1.29 is 14.3 Å². The average molecular weight is 486 g/mol. The summed E-state index contributed by atoms with van der Waals surface area (Å²) in [5.74, 6) is 0.606. The first kappa shape index (κ1) is 18.0. The Labute approximate surface area is 173 Å². The van der Waals surface area contributed by atoms with Crippen molar-refractivity contribution in [2.24, 2.45) is 0 Å². The normalized spacial score (nSPS) is 10.9. The van der Waals surface area contributed by atoms with Crippen LogP contribution in [0.15, 0.2) is 81.7 Å². The second-order valence-electron chi connectivity index (χ2n) is 5.96. The van der Waals surface area contributed by atoms with Crippen LogP contribution in [0, 0.1) is 0 Å². The van der Waals surface area contributed by atoms with Gasteiger partial charge in [0, 0.05) is 0 Å². The molecule has 27 heavy (non-hydrogen) atoms. The molecule has 0 aliphatic heterocycles. The lowest BCUT2D eigenvalue weighted by atomic mass is 10.1. The van der Waals surface area contributed by atoms with Gasteiger partial charge in [0.1, 0.15) is 11.5 Å². The third kappa shape index (κ3) is 3.70. The van der Waals surface area contributed by atoms with Crippen molar-refractivity contribution >= 4 is 59.4 Å². The highest BCUT2D eigenvalue weighted by Gasteiger charge is 2.13. The highest BCUT2D eigenvalue weighted by Crippen LogP contribution is 2.34. The zero-order chi connectivity index (χ0) is 18.8. The van der Waals surface area contributed by atoms with E-state index in [-0.39, 0.29) is 6.61 Å². The summed E-state index contributed by atoms with van der Waals surface area (Å²) >= 11 is 7.07. The number of fused-ring (bicyclic) bond motifs is 2. The second kappa shape index (κ2) is 7.71. The van der Waals surface area contributed by atoms with Gasteiger partial charge in [-0.15, -0.1) is 0 Å². The number of esters is 1. The third-order valence-corrected chi connectivity index (χ3v) is 5.86. The number of rotatable bonds is 4. The Hall–Kier alpha value is -2.37. The van der Waals surface area contributed by atoms with Crippen LogP contribution in [0.3, 0.4) is 0 Å². The van der Waals surface area contributed by atoms with Crippen molar-refractivity contribution in [2.45, 2.75) is 0 Å². The van der Waals surface area contributed by atoms with E-state index in [1.807, 2.05) is 66.7 Å². The van der Waals surface area contributed by atoms with E-state index < -0.39 is 5.97 Å². The molecule has 4 rings (SSSR count). The van der Waals surface area contributed by atoms with Crippen LogP contribution in [0.5, 0.6) is 11.5 Å². The van der Waals surface area contributed by atoms with Crippen LogP contribution < -0.4 is 9.47 Å². The number of carbonyl (C=O) groups excluding carboxylic acids is 1. The Kier molecular flexibility index (Phi) is 5.14. The highest BCUT2D eigenvalue weighted by molar-refractivity contribution is 9.11. The van der Waals surface area contributed by atoms with Crippen LogP contribution in [-0.4, -0.2) is 12.6 Å². The smallest absolute Gasteiger partial charge is 0.349 e. The van der Waals surface area contributed by atoms with Gasteiger partial charge in [0.15, 0.2) is 6.61 Å². The van der Waals surface area contributed by atoms with Crippen molar-refractivity contribution in [3.05, 3.63) is 81.7 Å². The molecule has 0 aromatic heterocycles. The number of carbonyl (C=O) groups is 1. The Morgan fingerprint density at radius 1 is 0.704 bits per heavy atom. The van der Waals surface area contributed by atoms with E-state index in [4.69, 9.17) is 9.47 Å². The third-order valence-electron chi connectivity index (χ3n) is 4.23. The first-order chi connectivity index (χ1) is 13.1. The molecule has 4 aromatic rings. The van der Waals surface area contributed by atoms with E-state index in [0.29, 0.717) is 11.5 Å². The first-order valence-electron chi connectivity index (χ1n) is 8.31. The molecule has 0 saturated heterocycles. The number of halogens is 2. The minimum Gasteiger partial charge on any atom is -0.481 e. The molecule has 0 bridgehead atoms. The first-order valence-corrected chi connectivity index (χ1v) is 9.90. The molecule has 0 amide bonds. The van der Waals surface area contributed by atoms with Gasteiger partial charge >= 0.3 is 5.97 Å². The summed E-state index contributed by atoms with van der Waals surface area (Å²) < 4.78 is 12.7. The molecule has 0 heterocycles. The Morgan fingerprint density at radius 2 is 1.22 bits per heavy atom. The second-order valence-corrected chi connectivity index (χ2v) is 7.55. The van der Waals surface area contributed by atoms with Crippen LogP contribution >= 0.6 is 31.9 Å². The quantitative estimate of drug-likeness (QED) is 0.244. The van der Waals surface area contributed by atoms with E-state index in [2.05, 4.69) is 31.9 Å². The molecule has 0 N–H and O–H groups in total. The van der Waals surface area contributed by atoms with Crippen molar-refractivity contribution in [1.29, 1.82) is 0 Å². The molecule has 134 valence electrons. The van der Waals surface area contributed by atoms with Crippen LogP contribution in [-0.2, 0) is 4.79 Å². The van der Waals surface area contributed by atoms with E-state index in [1.165, 1.54) is 0 Å². The molecule has 3 nitrogen and oxygen atoms in total. The number of ether oxygens (including phenoxy) is 2. The maximum atomic E-state index is 12.3. The number of hydrogen-bond donors (Lipinski definition) is 0. The van der Waals surface area contributed by atoms with Crippen LogP contribution in [0.1, 0.15) is 0 Å². The van der Waals surface area contributed by atoms with Gasteiger partial charge in [0.05, 0.1) is 8.95 Å². The zero-order valence-electron chi connectivity index (χ0n) is 14.1. The maximum Gasteiger partial charge on any atom is 0.349 e. The monoisotopic (exact) mass is 484 g/mol. The molecule has 4 aromatic carbocycles. The molecule has 0 spiro atoms. The van der Waals surface area contributed by atoms with E-state index in [0.717, 1.165) is 30.5 Å². The van der Waals surface area contributed by atoms with Crippen molar-refractivity contribution in [3.63, 3.8) is 0 Å². The summed E-state index contributed by atoms with van der Waals surface area (Å²) in [6, 6.07) is 23.3. The molecular formula is C22H14Br2O3. The number of hydrogen-bond acceptors (Lipinski definition) is 3. The topological polar surface area (TPSA) is 35.5 Å². The largest absolute Gasteiger partial charge is 0.481 e. The lowest BCUT2D eigenvalue weighted by Crippen LogP contribution is -2.18. The molecule has 0 fully saturated rings. The lowest BCUT2D eigenvalue weighted by Gasteiger charge is -2.11. The van der Waals surface area contributed by atoms with Gasteiger partial charge in [-0.25, -0.2) is 4.79 Å². The fourth-order valence-electron chi connectivity index (χ4n) is 2.91. The standard InChI is InChI=1S/C22H14Br2O3/c23-21-16-7-3-1-5-14(16)9-11-18(21)26-13-20(25)27-19-12-10-15-6-2-4-8-17(15)22(19)24/h1-12H,13H2. The summed E-state index contributed by atoms with van der Waals surface area (Å²) in [4.78, 5) is 12.3. The molecule has 0 aliphatic carbocycles. The molecule has 0 aliphatic rings. The summed E-state index contributed by atoms with van der Waals surface area (Å²) in [7, 11) is 0. The molecule has 0 saturated carbocycles. The van der Waals surface area contributed by atoms with Gasteiger partial charge in [-0.3, -0.25) is 0 Å². The fraction of sp³-hybridized carbons (Fsp3) is 0.0455. The molecular weight excluding hydrogens is 472 g/mol. The summed E-state index contributed by atoms with van der Waals surface area (Å²) in [6.07, 6.45) is 0. The molecule has 0 radical (unpaired) electrons. The SMILES string of the molecule is O=C(COc1ccc2ccccc2c1Br)Oc1ccc2ccccc2c1Br. The van der Waals surface area contributed by atoms with Crippen LogP contribution in [0.25, 0.3) is 21.5 Å². The Balaban J connectivity index is 1.49. The van der Waals surface area contributed by atoms with E-state index >= 15 is 0 Å². The summed E-state index contributed by atoms with van der Waals surface area (Å²) in [5, 5.41) is 4.18. The lowest BCUT2D eigenvalue weighted by molar-refractivity contribution is -0.136. The van der Waals surface area contributed by atoms with Crippen molar-refractivity contribution in [2.75, 3.05) is 6.61 Å². The van der Waals surface area contributed by atoms with Gasteiger partial charge in [0.2, 0.25) is 0 Å². The van der Waals surface area contributed by atoms with Crippen molar-refractivity contribution in [1.82, 2.24) is 0 Å². The molecule has 5 heteroatoms. The van der Waals surface area contributed by atoms with Gasteiger partial charge in [-0.1, -0.05) is 60.7 Å². The van der Waals surface area contributed by atoms with Gasteiger partial charge in [-0.2, -0.15) is 0 Å². The summed E-state index contributed by atoms with van der Waals surface area (Å²) in [5.41, 5.74) is 0. The average Bonchev–Trinajstić information content (AvgIpc) is 2.70. The van der Waals surface area contributed by atoms with Gasteiger partial charge in [0.25, 0.3) is 0 Å². The zero-order valence-corrected chi connectivity index (χ0v) is 17.3. The minimum atomic E-state index is -0.467.